The fraction of sp³-hybridized carbons (Fsp3) is 0.538. The molecule has 0 N–H and O–H groups in total. The average molecular weight is 324 g/mol. The van der Waals surface area contributed by atoms with E-state index in [1.54, 1.807) is 0 Å². The number of sulfonamides is 1. The lowest BCUT2D eigenvalue weighted by Crippen LogP contribution is -2.35. The summed E-state index contributed by atoms with van der Waals surface area (Å²) in [7, 11) is -3.95. The molecule has 1 saturated heterocycles. The molecule has 2 rings (SSSR count). The Bertz CT molecular complexity index is 607. The molecule has 1 aromatic carbocycles. The molecule has 0 aromatic heterocycles. The Morgan fingerprint density at radius 1 is 1.40 bits per heavy atom. The van der Waals surface area contributed by atoms with Gasteiger partial charge in [-0.15, -0.1) is 11.6 Å². The quantitative estimate of drug-likeness (QED) is 0.798. The molecule has 112 valence electrons. The van der Waals surface area contributed by atoms with Crippen molar-refractivity contribution in [2.24, 2.45) is 0 Å². The molecule has 1 fully saturated rings. The summed E-state index contributed by atoms with van der Waals surface area (Å²) in [6.07, 6.45) is 2.19. The zero-order chi connectivity index (χ0) is 14.9. The molecule has 1 atom stereocenters. The summed E-state index contributed by atoms with van der Waals surface area (Å²) in [5.41, 5.74) is -0.403. The van der Waals surface area contributed by atoms with Crippen LogP contribution < -0.4 is 0 Å². The van der Waals surface area contributed by atoms with Crippen LogP contribution in [0.4, 0.5) is 8.78 Å². The Labute approximate surface area is 122 Å². The maximum atomic E-state index is 14.2. The number of rotatable bonds is 4. The Balaban J connectivity index is 2.50. The van der Waals surface area contributed by atoms with Gasteiger partial charge in [-0.2, -0.15) is 4.31 Å². The maximum absolute atomic E-state index is 14.2. The van der Waals surface area contributed by atoms with Gasteiger partial charge in [0.2, 0.25) is 10.0 Å². The molecule has 1 aliphatic heterocycles. The Morgan fingerprint density at radius 3 is 2.70 bits per heavy atom. The van der Waals surface area contributed by atoms with Gasteiger partial charge in [-0.1, -0.05) is 6.92 Å². The van der Waals surface area contributed by atoms with E-state index in [0.29, 0.717) is 13.0 Å². The molecule has 0 aliphatic carbocycles. The van der Waals surface area contributed by atoms with Crippen molar-refractivity contribution in [2.75, 3.05) is 6.54 Å². The lowest BCUT2D eigenvalue weighted by molar-refractivity contribution is 0.376. The Morgan fingerprint density at radius 2 is 2.10 bits per heavy atom. The summed E-state index contributed by atoms with van der Waals surface area (Å²) < 4.78 is 53.9. The fourth-order valence-corrected chi connectivity index (χ4v) is 4.66. The van der Waals surface area contributed by atoms with Crippen LogP contribution >= 0.6 is 11.6 Å². The summed E-state index contributed by atoms with van der Waals surface area (Å²) in [6, 6.07) is 1.80. The van der Waals surface area contributed by atoms with Crippen LogP contribution in [0.5, 0.6) is 0 Å². The molecular weight excluding hydrogens is 308 g/mol. The molecule has 1 heterocycles. The van der Waals surface area contributed by atoms with E-state index in [1.807, 2.05) is 6.92 Å². The second-order valence-electron chi connectivity index (χ2n) is 4.79. The highest BCUT2D eigenvalue weighted by atomic mass is 35.5. The lowest BCUT2D eigenvalue weighted by Gasteiger charge is -2.23. The van der Waals surface area contributed by atoms with Crippen LogP contribution in [0.2, 0.25) is 0 Å². The molecule has 0 radical (unpaired) electrons. The molecule has 0 spiro atoms. The first-order chi connectivity index (χ1) is 9.43. The normalized spacial score (nSPS) is 20.5. The molecule has 1 aromatic rings. The minimum absolute atomic E-state index is 0.121. The van der Waals surface area contributed by atoms with Crippen LogP contribution in [0.15, 0.2) is 17.0 Å². The van der Waals surface area contributed by atoms with Crippen LogP contribution in [-0.4, -0.2) is 25.3 Å². The topological polar surface area (TPSA) is 37.4 Å². The zero-order valence-corrected chi connectivity index (χ0v) is 12.6. The predicted molar refractivity (Wildman–Crippen MR) is 73.1 cm³/mol. The molecule has 3 nitrogen and oxygen atoms in total. The van der Waals surface area contributed by atoms with Crippen molar-refractivity contribution in [1.29, 1.82) is 0 Å². The highest BCUT2D eigenvalue weighted by Gasteiger charge is 2.36. The van der Waals surface area contributed by atoms with Gasteiger partial charge in [0.25, 0.3) is 0 Å². The first-order valence-electron chi connectivity index (χ1n) is 6.48. The minimum Gasteiger partial charge on any atom is -0.207 e. The number of alkyl halides is 1. The standard InChI is InChI=1S/C13H16ClF2NO2S/c1-2-9-4-3-7-17(9)20(18,19)12-6-5-11(15)10(8-14)13(12)16/h5-6,9H,2-4,7-8H2,1H3. The third-order valence-corrected chi connectivity index (χ3v) is 5.90. The summed E-state index contributed by atoms with van der Waals surface area (Å²) >= 11 is 5.49. The number of benzene rings is 1. The second kappa shape index (κ2) is 5.95. The highest BCUT2D eigenvalue weighted by molar-refractivity contribution is 7.89. The first-order valence-corrected chi connectivity index (χ1v) is 8.45. The van der Waals surface area contributed by atoms with Gasteiger partial charge in [0.1, 0.15) is 10.7 Å². The molecule has 20 heavy (non-hydrogen) atoms. The largest absolute Gasteiger partial charge is 0.246 e. The van der Waals surface area contributed by atoms with Crippen LogP contribution in [0.25, 0.3) is 0 Å². The predicted octanol–water partition coefficient (Wildman–Crippen LogP) is 3.27. The van der Waals surface area contributed by atoms with E-state index in [4.69, 9.17) is 11.6 Å². The number of hydrogen-bond acceptors (Lipinski definition) is 2. The minimum atomic E-state index is -3.95. The van der Waals surface area contributed by atoms with Crippen molar-refractivity contribution in [2.45, 2.75) is 43.0 Å². The van der Waals surface area contributed by atoms with Gasteiger partial charge in [0, 0.05) is 18.2 Å². The monoisotopic (exact) mass is 323 g/mol. The van der Waals surface area contributed by atoms with Crippen LogP contribution in [0.1, 0.15) is 31.7 Å². The van der Waals surface area contributed by atoms with Gasteiger partial charge in [-0.25, -0.2) is 17.2 Å². The molecule has 1 unspecified atom stereocenters. The molecule has 0 amide bonds. The van der Waals surface area contributed by atoms with Gasteiger partial charge in [-0.3, -0.25) is 0 Å². The van der Waals surface area contributed by atoms with E-state index in [-0.39, 0.29) is 6.04 Å². The summed E-state index contributed by atoms with van der Waals surface area (Å²) in [5, 5.41) is 0. The van der Waals surface area contributed by atoms with Gasteiger partial charge >= 0.3 is 0 Å². The van der Waals surface area contributed by atoms with Crippen LogP contribution in [0.3, 0.4) is 0 Å². The van der Waals surface area contributed by atoms with Gasteiger partial charge in [-0.05, 0) is 31.4 Å². The summed E-state index contributed by atoms with van der Waals surface area (Å²) in [6.45, 7) is 2.26. The summed E-state index contributed by atoms with van der Waals surface area (Å²) in [4.78, 5) is -0.491. The van der Waals surface area contributed by atoms with E-state index in [2.05, 4.69) is 0 Å². The maximum Gasteiger partial charge on any atom is 0.246 e. The zero-order valence-electron chi connectivity index (χ0n) is 11.1. The van der Waals surface area contributed by atoms with E-state index in [0.717, 1.165) is 25.0 Å². The molecule has 7 heteroatoms. The van der Waals surface area contributed by atoms with Gasteiger partial charge in [0.05, 0.1) is 5.88 Å². The van der Waals surface area contributed by atoms with Crippen molar-refractivity contribution < 1.29 is 17.2 Å². The van der Waals surface area contributed by atoms with Crippen molar-refractivity contribution in [3.63, 3.8) is 0 Å². The van der Waals surface area contributed by atoms with Gasteiger partial charge in [0.15, 0.2) is 5.82 Å². The molecule has 1 aliphatic rings. The van der Waals surface area contributed by atoms with Crippen molar-refractivity contribution in [3.05, 3.63) is 29.3 Å². The number of nitrogens with zero attached hydrogens (tertiary/aromatic N) is 1. The smallest absolute Gasteiger partial charge is 0.207 e. The van der Waals surface area contributed by atoms with E-state index in [1.165, 1.54) is 4.31 Å². The number of hydrogen-bond donors (Lipinski definition) is 0. The highest BCUT2D eigenvalue weighted by Crippen LogP contribution is 2.30. The molecule has 0 bridgehead atoms. The number of halogens is 3. The third-order valence-electron chi connectivity index (χ3n) is 3.67. The summed E-state index contributed by atoms with van der Waals surface area (Å²) in [5.74, 6) is -2.32. The van der Waals surface area contributed by atoms with Gasteiger partial charge < -0.3 is 0 Å². The fourth-order valence-electron chi connectivity index (χ4n) is 2.56. The molecular formula is C13H16ClF2NO2S. The van der Waals surface area contributed by atoms with E-state index >= 15 is 0 Å². The SMILES string of the molecule is CCC1CCCN1S(=O)(=O)c1ccc(F)c(CCl)c1F. The Kier molecular flexibility index (Phi) is 4.66. The van der Waals surface area contributed by atoms with E-state index in [9.17, 15) is 17.2 Å². The second-order valence-corrected chi connectivity index (χ2v) is 6.92. The van der Waals surface area contributed by atoms with Crippen molar-refractivity contribution in [3.8, 4) is 0 Å². The third kappa shape index (κ3) is 2.56. The van der Waals surface area contributed by atoms with Crippen molar-refractivity contribution >= 4 is 21.6 Å². The van der Waals surface area contributed by atoms with Crippen molar-refractivity contribution in [1.82, 2.24) is 4.31 Å². The van der Waals surface area contributed by atoms with Crippen LogP contribution in [0, 0.1) is 11.6 Å². The van der Waals surface area contributed by atoms with Crippen LogP contribution in [-0.2, 0) is 15.9 Å². The lowest BCUT2D eigenvalue weighted by atomic mass is 10.2. The average Bonchev–Trinajstić information content (AvgIpc) is 2.88. The van der Waals surface area contributed by atoms with E-state index < -0.39 is 38.0 Å². The Hall–Kier alpha value is -0.720. The molecule has 0 saturated carbocycles. The first kappa shape index (κ1) is 15.7.